The van der Waals surface area contributed by atoms with Gasteiger partial charge in [-0.15, -0.1) is 0 Å². The number of halogens is 3. The molecule has 0 unspecified atom stereocenters. The Bertz CT molecular complexity index is 1150. The molecule has 0 radical (unpaired) electrons. The number of hydrogen-bond acceptors (Lipinski definition) is 6. The van der Waals surface area contributed by atoms with E-state index in [9.17, 15) is 31.2 Å². The van der Waals surface area contributed by atoms with E-state index in [0.717, 1.165) is 16.8 Å². The normalized spacial score (nSPS) is 15.4. The number of alkyl halides is 3. The minimum absolute atomic E-state index is 0.0547. The standard InChI is InChI=1S/C20H23F3N4O5S/c1-13-17(14(2)27(25-13)16-5-3-4-15(12-16)20(21,22)23)18(28)19(29)24-6-11-33(30,31)26-7-9-32-10-8-26/h3-5,12H,6-11H2,1-2H3,(H,24,29). The molecule has 1 aliphatic rings. The summed E-state index contributed by atoms with van der Waals surface area (Å²) in [7, 11) is -3.61. The zero-order valence-corrected chi connectivity index (χ0v) is 18.8. The van der Waals surface area contributed by atoms with E-state index in [2.05, 4.69) is 10.4 Å². The molecule has 1 saturated heterocycles. The van der Waals surface area contributed by atoms with Gasteiger partial charge in [0.05, 0.1) is 47.2 Å². The maximum Gasteiger partial charge on any atom is 0.416 e. The molecule has 1 fully saturated rings. The molecule has 0 atom stereocenters. The van der Waals surface area contributed by atoms with Gasteiger partial charge in [0.2, 0.25) is 10.0 Å². The highest BCUT2D eigenvalue weighted by Crippen LogP contribution is 2.31. The number of ether oxygens (including phenoxy) is 1. The molecule has 1 amide bonds. The first-order chi connectivity index (χ1) is 15.4. The summed E-state index contributed by atoms with van der Waals surface area (Å²) < 4.78 is 71.3. The van der Waals surface area contributed by atoms with E-state index in [1.54, 1.807) is 0 Å². The van der Waals surface area contributed by atoms with E-state index in [0.29, 0.717) is 13.2 Å². The number of benzene rings is 1. The zero-order chi connectivity index (χ0) is 24.4. The maximum atomic E-state index is 13.0. The predicted molar refractivity (Wildman–Crippen MR) is 112 cm³/mol. The Hall–Kier alpha value is -2.77. The molecule has 0 saturated carbocycles. The van der Waals surface area contributed by atoms with Crippen LogP contribution in [0.1, 0.15) is 27.3 Å². The number of sulfonamides is 1. The smallest absolute Gasteiger partial charge is 0.379 e. The van der Waals surface area contributed by atoms with Crippen LogP contribution in [0.2, 0.25) is 0 Å². The van der Waals surface area contributed by atoms with Crippen molar-refractivity contribution in [2.24, 2.45) is 0 Å². The van der Waals surface area contributed by atoms with Crippen molar-refractivity contribution in [1.29, 1.82) is 0 Å². The Morgan fingerprint density at radius 1 is 1.18 bits per heavy atom. The average molecular weight is 488 g/mol. The van der Waals surface area contributed by atoms with Crippen molar-refractivity contribution in [3.63, 3.8) is 0 Å². The summed E-state index contributed by atoms with van der Waals surface area (Å²) in [5, 5.41) is 6.42. The summed E-state index contributed by atoms with van der Waals surface area (Å²) >= 11 is 0. The first-order valence-electron chi connectivity index (χ1n) is 10.0. The second-order valence-corrected chi connectivity index (χ2v) is 9.51. The first kappa shape index (κ1) is 24.9. The number of amides is 1. The molecule has 3 rings (SSSR count). The molecule has 2 aromatic rings. The summed E-state index contributed by atoms with van der Waals surface area (Å²) in [4.78, 5) is 25.1. The SMILES string of the molecule is Cc1nn(-c2cccc(C(F)(F)F)c2)c(C)c1C(=O)C(=O)NCCS(=O)(=O)N1CCOCC1. The third kappa shape index (κ3) is 5.60. The number of carbonyl (C=O) groups excluding carboxylic acids is 2. The molecule has 13 heteroatoms. The summed E-state index contributed by atoms with van der Waals surface area (Å²) in [5.74, 6) is -2.36. The fourth-order valence-electron chi connectivity index (χ4n) is 3.48. The van der Waals surface area contributed by atoms with Gasteiger partial charge in [-0.05, 0) is 32.0 Å². The molecule has 9 nitrogen and oxygen atoms in total. The van der Waals surface area contributed by atoms with Crippen LogP contribution in [-0.2, 0) is 25.7 Å². The highest BCUT2D eigenvalue weighted by atomic mass is 32.2. The lowest BCUT2D eigenvalue weighted by molar-refractivity contribution is -0.137. The van der Waals surface area contributed by atoms with Gasteiger partial charge in [-0.2, -0.15) is 22.6 Å². The van der Waals surface area contributed by atoms with Crippen molar-refractivity contribution in [2.75, 3.05) is 38.6 Å². The Morgan fingerprint density at radius 3 is 2.48 bits per heavy atom. The third-order valence-electron chi connectivity index (χ3n) is 5.15. The van der Waals surface area contributed by atoms with Crippen molar-refractivity contribution < 1.29 is 35.9 Å². The maximum absolute atomic E-state index is 13.0. The Kier molecular flexibility index (Phi) is 7.24. The Balaban J connectivity index is 1.71. The van der Waals surface area contributed by atoms with Gasteiger partial charge in [-0.25, -0.2) is 13.1 Å². The number of ketones is 1. The second kappa shape index (κ2) is 9.61. The summed E-state index contributed by atoms with van der Waals surface area (Å²) in [5.41, 5.74) is -0.499. The minimum atomic E-state index is -4.55. The predicted octanol–water partition coefficient (Wildman–Crippen LogP) is 1.47. The molecule has 33 heavy (non-hydrogen) atoms. The molecule has 180 valence electrons. The van der Waals surface area contributed by atoms with Gasteiger partial charge < -0.3 is 10.1 Å². The van der Waals surface area contributed by atoms with Crippen molar-refractivity contribution in [3.8, 4) is 5.69 Å². The number of aryl methyl sites for hydroxylation is 1. The first-order valence-corrected chi connectivity index (χ1v) is 11.6. The van der Waals surface area contributed by atoms with Gasteiger partial charge in [0.1, 0.15) is 0 Å². The number of carbonyl (C=O) groups is 2. The van der Waals surface area contributed by atoms with Crippen LogP contribution in [0.3, 0.4) is 0 Å². The molecule has 1 aromatic heterocycles. The highest BCUT2D eigenvalue weighted by Gasteiger charge is 2.31. The number of hydrogen-bond donors (Lipinski definition) is 1. The van der Waals surface area contributed by atoms with Crippen molar-refractivity contribution in [3.05, 3.63) is 46.8 Å². The molecular formula is C20H23F3N4O5S. The van der Waals surface area contributed by atoms with Crippen LogP contribution < -0.4 is 5.32 Å². The number of nitrogens with one attached hydrogen (secondary N) is 1. The van der Waals surface area contributed by atoms with E-state index in [1.807, 2.05) is 0 Å². The highest BCUT2D eigenvalue weighted by molar-refractivity contribution is 7.89. The number of Topliss-reactive ketones (excluding diaryl/α,β-unsaturated/α-hetero) is 1. The summed E-state index contributed by atoms with van der Waals surface area (Å²) in [6.07, 6.45) is -4.55. The lowest BCUT2D eigenvalue weighted by Gasteiger charge is -2.25. The fraction of sp³-hybridized carbons (Fsp3) is 0.450. The Morgan fingerprint density at radius 2 is 1.85 bits per heavy atom. The van der Waals surface area contributed by atoms with Crippen LogP contribution in [-0.4, -0.2) is 72.8 Å². The molecule has 0 bridgehead atoms. The summed E-state index contributed by atoms with van der Waals surface area (Å²) in [6.45, 7) is 3.68. The Labute approximate surface area is 188 Å². The monoisotopic (exact) mass is 488 g/mol. The van der Waals surface area contributed by atoms with E-state index in [-0.39, 0.29) is 48.0 Å². The van der Waals surface area contributed by atoms with E-state index >= 15 is 0 Å². The molecular weight excluding hydrogens is 465 g/mol. The molecule has 1 aliphatic heterocycles. The van der Waals surface area contributed by atoms with Crippen molar-refractivity contribution in [1.82, 2.24) is 19.4 Å². The summed E-state index contributed by atoms with van der Waals surface area (Å²) in [6, 6.07) is 4.43. The van der Waals surface area contributed by atoms with Crippen LogP contribution in [0.15, 0.2) is 24.3 Å². The van der Waals surface area contributed by atoms with Crippen molar-refractivity contribution >= 4 is 21.7 Å². The van der Waals surface area contributed by atoms with Gasteiger partial charge in [-0.3, -0.25) is 9.59 Å². The molecule has 0 spiro atoms. The lowest BCUT2D eigenvalue weighted by Crippen LogP contribution is -2.44. The van der Waals surface area contributed by atoms with Gasteiger partial charge in [0, 0.05) is 19.6 Å². The zero-order valence-electron chi connectivity index (χ0n) is 18.0. The van der Waals surface area contributed by atoms with E-state index < -0.39 is 33.5 Å². The molecule has 2 heterocycles. The number of aromatic nitrogens is 2. The number of morpholine rings is 1. The largest absolute Gasteiger partial charge is 0.416 e. The number of rotatable bonds is 7. The van der Waals surface area contributed by atoms with E-state index in [4.69, 9.17) is 4.74 Å². The fourth-order valence-corrected chi connectivity index (χ4v) is 4.80. The van der Waals surface area contributed by atoms with Crippen LogP contribution in [0.4, 0.5) is 13.2 Å². The minimum Gasteiger partial charge on any atom is -0.379 e. The van der Waals surface area contributed by atoms with Crippen LogP contribution >= 0.6 is 0 Å². The lowest BCUT2D eigenvalue weighted by atomic mass is 10.1. The van der Waals surface area contributed by atoms with Crippen LogP contribution in [0, 0.1) is 13.8 Å². The van der Waals surface area contributed by atoms with Gasteiger partial charge in [0.25, 0.3) is 11.7 Å². The average Bonchev–Trinajstić information content (AvgIpc) is 3.07. The number of nitrogens with zero attached hydrogens (tertiary/aromatic N) is 3. The molecule has 0 aliphatic carbocycles. The third-order valence-corrected chi connectivity index (χ3v) is 7.02. The topological polar surface area (TPSA) is 111 Å². The quantitative estimate of drug-likeness (QED) is 0.467. The van der Waals surface area contributed by atoms with E-state index in [1.165, 1.54) is 30.3 Å². The molecule has 1 N–H and O–H groups in total. The van der Waals surface area contributed by atoms with Crippen LogP contribution in [0.5, 0.6) is 0 Å². The van der Waals surface area contributed by atoms with Gasteiger partial charge in [0.15, 0.2) is 0 Å². The van der Waals surface area contributed by atoms with Gasteiger partial charge in [-0.1, -0.05) is 6.07 Å². The molecule has 1 aromatic carbocycles. The van der Waals surface area contributed by atoms with Crippen molar-refractivity contribution in [2.45, 2.75) is 20.0 Å². The van der Waals surface area contributed by atoms with Crippen LogP contribution in [0.25, 0.3) is 5.69 Å². The van der Waals surface area contributed by atoms with Gasteiger partial charge >= 0.3 is 6.18 Å². The second-order valence-electron chi connectivity index (χ2n) is 7.42.